The van der Waals surface area contributed by atoms with Crippen LogP contribution in [-0.4, -0.2) is 36.3 Å². The maximum absolute atomic E-state index is 11.3. The minimum Gasteiger partial charge on any atom is -0.400 e. The van der Waals surface area contributed by atoms with Crippen LogP contribution < -0.4 is 10.4 Å². The summed E-state index contributed by atoms with van der Waals surface area (Å²) in [7, 11) is -2.79. The van der Waals surface area contributed by atoms with E-state index in [1.54, 1.807) is 5.57 Å². The van der Waals surface area contributed by atoms with E-state index in [4.69, 9.17) is 4.43 Å². The van der Waals surface area contributed by atoms with Gasteiger partial charge in [0, 0.05) is 6.42 Å². The largest absolute Gasteiger partial charge is 0.400 e. The molecule has 2 N–H and O–H groups in total. The second-order valence-corrected chi connectivity index (χ2v) is 21.4. The summed E-state index contributed by atoms with van der Waals surface area (Å²) in [5.74, 6) is 2.04. The molecule has 4 heteroatoms. The molecule has 0 aliphatic heterocycles. The van der Waals surface area contributed by atoms with Gasteiger partial charge in [-0.15, -0.1) is 0 Å². The third kappa shape index (κ3) is 7.67. The molecule has 3 nitrogen and oxygen atoms in total. The summed E-state index contributed by atoms with van der Waals surface area (Å²) in [6.45, 7) is 20.5. The number of aliphatic hydroxyl groups is 2. The molecule has 0 bridgehead atoms. The van der Waals surface area contributed by atoms with E-state index in [-0.39, 0.29) is 11.1 Å². The van der Waals surface area contributed by atoms with Gasteiger partial charge < -0.3 is 14.6 Å². The monoisotopic (exact) mass is 657 g/mol. The van der Waals surface area contributed by atoms with Gasteiger partial charge in [0.05, 0.1) is 17.8 Å². The average molecular weight is 658 g/mol. The number of allylic oxidation sites excluding steroid dienone is 3. The minimum absolute atomic E-state index is 0.138. The Hall–Kier alpha value is -2.24. The Labute approximate surface area is 287 Å². The van der Waals surface area contributed by atoms with Gasteiger partial charge >= 0.3 is 0 Å². The predicted molar refractivity (Wildman–Crippen MR) is 201 cm³/mol. The van der Waals surface area contributed by atoms with Crippen LogP contribution >= 0.6 is 0 Å². The fourth-order valence-corrected chi connectivity index (χ4v) is 14.4. The summed E-state index contributed by atoms with van der Waals surface area (Å²) in [5, 5.41) is 23.9. The molecule has 2 aromatic carbocycles. The Bertz CT molecular complexity index is 1370. The number of benzene rings is 2. The van der Waals surface area contributed by atoms with Gasteiger partial charge in [-0.1, -0.05) is 132 Å². The molecule has 0 unspecified atom stereocenters. The van der Waals surface area contributed by atoms with Gasteiger partial charge in [-0.25, -0.2) is 0 Å². The lowest BCUT2D eigenvalue weighted by Crippen LogP contribution is -2.68. The van der Waals surface area contributed by atoms with Crippen molar-refractivity contribution < 1.29 is 14.6 Å². The predicted octanol–water partition coefficient (Wildman–Crippen LogP) is 9.29. The Morgan fingerprint density at radius 2 is 1.60 bits per heavy atom. The Morgan fingerprint density at radius 1 is 0.979 bits per heavy atom. The number of aliphatic hydroxyl groups excluding tert-OH is 1. The van der Waals surface area contributed by atoms with E-state index >= 15 is 0 Å². The van der Waals surface area contributed by atoms with Crippen LogP contribution in [0.15, 0.2) is 96.1 Å². The van der Waals surface area contributed by atoms with Crippen molar-refractivity contribution in [2.75, 3.05) is 0 Å². The van der Waals surface area contributed by atoms with Crippen LogP contribution in [0.25, 0.3) is 0 Å². The summed E-state index contributed by atoms with van der Waals surface area (Å²) >= 11 is 0. The lowest BCUT2D eigenvalue weighted by molar-refractivity contribution is 0.0596. The first-order valence-corrected chi connectivity index (χ1v) is 20.3. The van der Waals surface area contributed by atoms with Gasteiger partial charge in [-0.05, 0) is 109 Å². The topological polar surface area (TPSA) is 49.7 Å². The van der Waals surface area contributed by atoms with Crippen LogP contribution in [0.3, 0.4) is 0 Å². The molecular formula is C43H62O3Si. The average Bonchev–Trinajstić information content (AvgIpc) is 3.37. The number of fused-ring (bicyclic) bond motifs is 1. The van der Waals surface area contributed by atoms with Crippen LogP contribution in [0.1, 0.15) is 113 Å². The molecule has 5 rings (SSSR count). The minimum atomic E-state index is -2.79. The molecule has 0 heterocycles. The van der Waals surface area contributed by atoms with Gasteiger partial charge in [0.25, 0.3) is 8.32 Å². The molecule has 0 radical (unpaired) electrons. The first kappa shape index (κ1) is 36.0. The molecule has 6 atom stereocenters. The summed E-state index contributed by atoms with van der Waals surface area (Å²) in [4.78, 5) is 0. The molecule has 3 saturated carbocycles. The highest BCUT2D eigenvalue weighted by atomic mass is 28.4. The van der Waals surface area contributed by atoms with Crippen molar-refractivity contribution in [3.63, 3.8) is 0 Å². The molecule has 3 aliphatic carbocycles. The molecule has 256 valence electrons. The van der Waals surface area contributed by atoms with E-state index in [0.717, 1.165) is 29.9 Å². The molecular weight excluding hydrogens is 596 g/mol. The highest BCUT2D eigenvalue weighted by Gasteiger charge is 2.53. The smallest absolute Gasteiger partial charge is 0.261 e. The quantitative estimate of drug-likeness (QED) is 0.198. The number of rotatable bonds is 10. The van der Waals surface area contributed by atoms with E-state index < -0.39 is 20.0 Å². The maximum Gasteiger partial charge on any atom is 0.261 e. The molecule has 47 heavy (non-hydrogen) atoms. The van der Waals surface area contributed by atoms with E-state index in [2.05, 4.69) is 114 Å². The Kier molecular flexibility index (Phi) is 11.0. The summed E-state index contributed by atoms with van der Waals surface area (Å²) < 4.78 is 7.50. The highest BCUT2D eigenvalue weighted by molar-refractivity contribution is 6.99. The normalized spacial score (nSPS) is 29.7. The summed E-state index contributed by atoms with van der Waals surface area (Å²) in [6, 6.07) is 21.6. The lowest BCUT2D eigenvalue weighted by atomic mass is 9.63. The molecule has 3 fully saturated rings. The number of hydrogen-bond acceptors (Lipinski definition) is 3. The molecule has 0 saturated heterocycles. The van der Waals surface area contributed by atoms with Crippen molar-refractivity contribution in [1.82, 2.24) is 0 Å². The van der Waals surface area contributed by atoms with Gasteiger partial charge in [-0.3, -0.25) is 0 Å². The van der Waals surface area contributed by atoms with Crippen LogP contribution in [0.2, 0.25) is 5.04 Å². The van der Waals surface area contributed by atoms with Crippen molar-refractivity contribution in [2.45, 2.75) is 136 Å². The van der Waals surface area contributed by atoms with Crippen molar-refractivity contribution in [3.05, 3.63) is 96.1 Å². The fraction of sp³-hybridized carbons (Fsp3) is 0.581. The highest BCUT2D eigenvalue weighted by Crippen LogP contribution is 2.60. The van der Waals surface area contributed by atoms with E-state index in [1.807, 2.05) is 13.8 Å². The molecule has 0 aromatic heterocycles. The van der Waals surface area contributed by atoms with Gasteiger partial charge in [0.15, 0.2) is 0 Å². The first-order valence-electron chi connectivity index (χ1n) is 18.4. The van der Waals surface area contributed by atoms with E-state index in [0.29, 0.717) is 30.1 Å². The second kappa shape index (κ2) is 14.3. The lowest BCUT2D eigenvalue weighted by Gasteiger charge is -2.47. The van der Waals surface area contributed by atoms with E-state index in [9.17, 15) is 10.2 Å². The van der Waals surface area contributed by atoms with Crippen molar-refractivity contribution >= 4 is 18.7 Å². The van der Waals surface area contributed by atoms with Crippen molar-refractivity contribution in [3.8, 4) is 0 Å². The summed E-state index contributed by atoms with van der Waals surface area (Å²) in [5.41, 5.74) is 3.53. The van der Waals surface area contributed by atoms with Crippen LogP contribution in [0.5, 0.6) is 0 Å². The Morgan fingerprint density at radius 3 is 2.17 bits per heavy atom. The molecule has 0 amide bonds. The van der Waals surface area contributed by atoms with Crippen LogP contribution in [-0.2, 0) is 4.43 Å². The maximum atomic E-state index is 11.3. The van der Waals surface area contributed by atoms with Crippen LogP contribution in [0.4, 0.5) is 0 Å². The first-order chi connectivity index (χ1) is 22.2. The Balaban J connectivity index is 1.40. The van der Waals surface area contributed by atoms with Crippen molar-refractivity contribution in [1.29, 1.82) is 0 Å². The SMILES string of the molecule is C[C@H](CCCC(C)(C)O)[C@H]1CC[C@H]2/C(=[13CH]/C=C3/C[C@@H](O)C[C@H](O[Si](c4ccccc4)(c4ccccc4)C(C)(C)C)C3=[13CH2])[13CH2]CC[C@]12C. The standard InChI is InChI=1S/C43H62O3Si/c1-31(17-15-27-42(6,7)45)38-25-26-39-33(18-16-28-43(38,39)8)23-24-34-29-35(44)30-40(32(34)2)46-47(41(3,4)5,36-19-11-9-12-20-36)37-21-13-10-14-22-37/h9-14,19-24,31,35,38-40,44-45H,2,15-18,25-30H2,1,3-8H3/b33-23+,34-24-/t31-,35-,38-,39+,40+,43-/m1/s1/i2+1,18+1,23+1. The third-order valence-electron chi connectivity index (χ3n) is 12.2. The van der Waals surface area contributed by atoms with Crippen LogP contribution in [0, 0.1) is 23.2 Å². The number of hydrogen-bond donors (Lipinski definition) is 2. The molecule has 2 aromatic rings. The van der Waals surface area contributed by atoms with E-state index in [1.165, 1.54) is 48.9 Å². The van der Waals surface area contributed by atoms with Crippen molar-refractivity contribution in [2.24, 2.45) is 23.2 Å². The molecule has 3 aliphatic rings. The zero-order valence-electron chi connectivity index (χ0n) is 30.4. The zero-order chi connectivity index (χ0) is 34.0. The van der Waals surface area contributed by atoms with Gasteiger partial charge in [0.1, 0.15) is 0 Å². The summed E-state index contributed by atoms with van der Waals surface area (Å²) in [6.07, 6.45) is 14.7. The second-order valence-electron chi connectivity index (χ2n) is 17.1. The van der Waals surface area contributed by atoms with Gasteiger partial charge in [-0.2, -0.15) is 0 Å². The molecule has 0 spiro atoms. The third-order valence-corrected chi connectivity index (χ3v) is 17.2. The fourth-order valence-electron chi connectivity index (χ4n) is 9.74. The zero-order valence-corrected chi connectivity index (χ0v) is 31.4. The van der Waals surface area contributed by atoms with Gasteiger partial charge in [0.2, 0.25) is 0 Å².